The topological polar surface area (TPSA) is 92.8 Å². The van der Waals surface area contributed by atoms with Gasteiger partial charge in [-0.05, 0) is 50.2 Å². The van der Waals surface area contributed by atoms with Crippen LogP contribution in [0.5, 0.6) is 0 Å². The molecule has 0 spiro atoms. The summed E-state index contributed by atoms with van der Waals surface area (Å²) in [4.78, 5) is 25.6. The fourth-order valence-corrected chi connectivity index (χ4v) is 3.63. The van der Waals surface area contributed by atoms with E-state index < -0.39 is 16.0 Å². The van der Waals surface area contributed by atoms with E-state index in [9.17, 15) is 18.0 Å². The lowest BCUT2D eigenvalue weighted by molar-refractivity contribution is 0.0600. The van der Waals surface area contributed by atoms with Gasteiger partial charge in [-0.3, -0.25) is 9.52 Å². The van der Waals surface area contributed by atoms with Crippen LogP contribution in [0.3, 0.4) is 0 Å². The van der Waals surface area contributed by atoms with Crippen LogP contribution in [0.2, 0.25) is 0 Å². The molecule has 0 atom stereocenters. The molecule has 0 radical (unpaired) electrons. The summed E-state index contributed by atoms with van der Waals surface area (Å²) in [6.45, 7) is 4.88. The predicted molar refractivity (Wildman–Crippen MR) is 102 cm³/mol. The molecule has 144 valence electrons. The van der Waals surface area contributed by atoms with Crippen molar-refractivity contribution in [1.82, 2.24) is 4.90 Å². The molecular formula is C19H22N2O5S. The van der Waals surface area contributed by atoms with Gasteiger partial charge in [-0.2, -0.15) is 0 Å². The van der Waals surface area contributed by atoms with Gasteiger partial charge in [0, 0.05) is 24.3 Å². The first-order chi connectivity index (χ1) is 12.8. The molecule has 0 aromatic heterocycles. The van der Waals surface area contributed by atoms with Gasteiger partial charge in [0.2, 0.25) is 0 Å². The van der Waals surface area contributed by atoms with Gasteiger partial charge in [-0.1, -0.05) is 12.1 Å². The van der Waals surface area contributed by atoms with Crippen LogP contribution in [0.25, 0.3) is 0 Å². The second kappa shape index (κ2) is 8.68. The molecule has 7 nitrogen and oxygen atoms in total. The summed E-state index contributed by atoms with van der Waals surface area (Å²) in [5.74, 6) is -0.799. The Balaban J connectivity index is 2.30. The molecule has 2 aromatic carbocycles. The number of ether oxygens (including phenoxy) is 1. The van der Waals surface area contributed by atoms with Crippen molar-refractivity contribution in [3.8, 4) is 0 Å². The summed E-state index contributed by atoms with van der Waals surface area (Å²) in [5.41, 5.74) is 0.782. The lowest BCUT2D eigenvalue weighted by Gasteiger charge is -2.19. The summed E-state index contributed by atoms with van der Waals surface area (Å²) in [6.07, 6.45) is 0. The van der Waals surface area contributed by atoms with Gasteiger partial charge in [-0.25, -0.2) is 13.2 Å². The highest BCUT2D eigenvalue weighted by Crippen LogP contribution is 2.19. The lowest BCUT2D eigenvalue weighted by Crippen LogP contribution is -2.30. The van der Waals surface area contributed by atoms with Crippen molar-refractivity contribution in [3.63, 3.8) is 0 Å². The van der Waals surface area contributed by atoms with E-state index in [2.05, 4.69) is 9.46 Å². The highest BCUT2D eigenvalue weighted by atomic mass is 32.2. The van der Waals surface area contributed by atoms with Crippen LogP contribution in [-0.2, 0) is 14.8 Å². The normalized spacial score (nSPS) is 10.9. The van der Waals surface area contributed by atoms with Crippen LogP contribution >= 0.6 is 0 Å². The fraction of sp³-hybridized carbons (Fsp3) is 0.263. The second-order valence-electron chi connectivity index (χ2n) is 5.68. The lowest BCUT2D eigenvalue weighted by atomic mass is 10.2. The standard InChI is InChI=1S/C19H22N2O5S/c1-4-21(5-2)18(22)14-8-6-10-16(12-14)20-27(24,25)17-11-7-9-15(13-17)19(23)26-3/h6-13,20H,4-5H2,1-3H3. The van der Waals surface area contributed by atoms with Crippen LogP contribution in [0.15, 0.2) is 53.4 Å². The molecule has 0 aliphatic rings. The number of hydrogen-bond acceptors (Lipinski definition) is 5. The van der Waals surface area contributed by atoms with Crippen molar-refractivity contribution in [2.75, 3.05) is 24.9 Å². The molecule has 0 fully saturated rings. The van der Waals surface area contributed by atoms with Crippen molar-refractivity contribution >= 4 is 27.6 Å². The molecule has 0 aliphatic heterocycles. The highest BCUT2D eigenvalue weighted by Gasteiger charge is 2.18. The zero-order chi connectivity index (χ0) is 20.0. The van der Waals surface area contributed by atoms with Crippen LogP contribution in [0.4, 0.5) is 5.69 Å². The molecule has 0 heterocycles. The van der Waals surface area contributed by atoms with E-state index in [1.165, 1.54) is 37.4 Å². The number of carbonyl (C=O) groups excluding carboxylic acids is 2. The first kappa shape index (κ1) is 20.4. The summed E-state index contributed by atoms with van der Waals surface area (Å²) >= 11 is 0. The van der Waals surface area contributed by atoms with Crippen molar-refractivity contribution in [1.29, 1.82) is 0 Å². The van der Waals surface area contributed by atoms with E-state index in [0.717, 1.165) is 0 Å². The van der Waals surface area contributed by atoms with Crippen LogP contribution in [0, 0.1) is 0 Å². The van der Waals surface area contributed by atoms with Gasteiger partial charge in [-0.15, -0.1) is 0 Å². The molecule has 2 aromatic rings. The first-order valence-corrected chi connectivity index (χ1v) is 9.91. The number of carbonyl (C=O) groups is 2. The molecule has 1 amide bonds. The van der Waals surface area contributed by atoms with E-state index in [-0.39, 0.29) is 22.1 Å². The van der Waals surface area contributed by atoms with Gasteiger partial charge in [0.15, 0.2) is 0 Å². The number of benzene rings is 2. The largest absolute Gasteiger partial charge is 0.465 e. The molecule has 0 unspecified atom stereocenters. The van der Waals surface area contributed by atoms with Crippen molar-refractivity contribution in [2.45, 2.75) is 18.7 Å². The van der Waals surface area contributed by atoms with E-state index in [4.69, 9.17) is 0 Å². The van der Waals surface area contributed by atoms with Crippen molar-refractivity contribution < 1.29 is 22.7 Å². The Hall–Kier alpha value is -2.87. The maximum absolute atomic E-state index is 12.6. The summed E-state index contributed by atoms with van der Waals surface area (Å²) in [6, 6.07) is 11.8. The number of nitrogens with zero attached hydrogens (tertiary/aromatic N) is 1. The molecule has 0 aliphatic carbocycles. The summed E-state index contributed by atoms with van der Waals surface area (Å²) < 4.78 is 32.3. The zero-order valence-electron chi connectivity index (χ0n) is 15.4. The van der Waals surface area contributed by atoms with Gasteiger partial charge in [0.1, 0.15) is 0 Å². The first-order valence-electron chi connectivity index (χ1n) is 8.43. The average molecular weight is 390 g/mol. The Morgan fingerprint density at radius 1 is 1.00 bits per heavy atom. The van der Waals surface area contributed by atoms with Crippen LogP contribution in [-0.4, -0.2) is 45.4 Å². The maximum Gasteiger partial charge on any atom is 0.337 e. The number of sulfonamides is 1. The molecular weight excluding hydrogens is 368 g/mol. The average Bonchev–Trinajstić information content (AvgIpc) is 2.68. The Kier molecular flexibility index (Phi) is 6.57. The third kappa shape index (κ3) is 4.85. The Bertz CT molecular complexity index is 937. The maximum atomic E-state index is 12.6. The van der Waals surface area contributed by atoms with Crippen LogP contribution < -0.4 is 4.72 Å². The third-order valence-corrected chi connectivity index (χ3v) is 5.36. The van der Waals surface area contributed by atoms with Gasteiger partial charge in [0.25, 0.3) is 15.9 Å². The molecule has 0 bridgehead atoms. The second-order valence-corrected chi connectivity index (χ2v) is 7.37. The van der Waals surface area contributed by atoms with E-state index >= 15 is 0 Å². The number of esters is 1. The minimum Gasteiger partial charge on any atom is -0.465 e. The predicted octanol–water partition coefficient (Wildman–Crippen LogP) is 2.76. The number of rotatable bonds is 7. The summed E-state index contributed by atoms with van der Waals surface area (Å²) in [5, 5.41) is 0. The minimum absolute atomic E-state index is 0.0779. The molecule has 1 N–H and O–H groups in total. The number of nitrogens with one attached hydrogen (secondary N) is 1. The third-order valence-electron chi connectivity index (χ3n) is 3.98. The SMILES string of the molecule is CCN(CC)C(=O)c1cccc(NS(=O)(=O)c2cccc(C(=O)OC)c2)c1. The van der Waals surface area contributed by atoms with Crippen molar-refractivity contribution in [2.24, 2.45) is 0 Å². The van der Waals surface area contributed by atoms with Crippen LogP contribution in [0.1, 0.15) is 34.6 Å². The van der Waals surface area contributed by atoms with Gasteiger partial charge in [0.05, 0.1) is 17.6 Å². The number of anilines is 1. The molecule has 2 rings (SSSR count). The molecule has 0 saturated carbocycles. The minimum atomic E-state index is -3.93. The zero-order valence-corrected chi connectivity index (χ0v) is 16.2. The van der Waals surface area contributed by atoms with Gasteiger partial charge < -0.3 is 9.64 Å². The molecule has 8 heteroatoms. The number of methoxy groups -OCH3 is 1. The highest BCUT2D eigenvalue weighted by molar-refractivity contribution is 7.92. The smallest absolute Gasteiger partial charge is 0.337 e. The molecule has 0 saturated heterocycles. The Labute approximate surface area is 159 Å². The number of amides is 1. The van der Waals surface area contributed by atoms with E-state index in [1.54, 1.807) is 23.1 Å². The van der Waals surface area contributed by atoms with Crippen molar-refractivity contribution in [3.05, 3.63) is 59.7 Å². The monoisotopic (exact) mass is 390 g/mol. The Morgan fingerprint density at radius 2 is 1.63 bits per heavy atom. The summed E-state index contributed by atoms with van der Waals surface area (Å²) in [7, 11) is -2.71. The fourth-order valence-electron chi connectivity index (χ4n) is 2.53. The quantitative estimate of drug-likeness (QED) is 0.734. The van der Waals surface area contributed by atoms with E-state index in [1.807, 2.05) is 13.8 Å². The van der Waals surface area contributed by atoms with Gasteiger partial charge >= 0.3 is 5.97 Å². The molecule has 27 heavy (non-hydrogen) atoms. The number of hydrogen-bond donors (Lipinski definition) is 1. The van der Waals surface area contributed by atoms with E-state index in [0.29, 0.717) is 18.7 Å². The Morgan fingerprint density at radius 3 is 2.26 bits per heavy atom.